The number of aliphatic hydroxyl groups is 1. The van der Waals surface area contributed by atoms with Crippen LogP contribution in [0.3, 0.4) is 0 Å². The molecule has 0 saturated heterocycles. The van der Waals surface area contributed by atoms with Crippen LogP contribution < -0.4 is 0 Å². The summed E-state index contributed by atoms with van der Waals surface area (Å²) < 4.78 is 0. The van der Waals surface area contributed by atoms with Crippen LogP contribution in [0.5, 0.6) is 0 Å². The fraction of sp³-hybridized carbons (Fsp3) is 0.500. The van der Waals surface area contributed by atoms with E-state index in [2.05, 4.69) is 4.90 Å². The Morgan fingerprint density at radius 1 is 1.21 bits per heavy atom. The van der Waals surface area contributed by atoms with E-state index in [1.807, 2.05) is 51.4 Å². The number of nitrogens with zero attached hydrogens (tertiary/aromatic N) is 1. The maximum atomic E-state index is 10.2. The van der Waals surface area contributed by atoms with Crippen molar-refractivity contribution in [2.45, 2.75) is 18.9 Å². The molecule has 14 heavy (non-hydrogen) atoms. The molecule has 0 bridgehead atoms. The highest BCUT2D eigenvalue weighted by atomic mass is 16.3. The van der Waals surface area contributed by atoms with Crippen LogP contribution in [0.1, 0.15) is 18.9 Å². The van der Waals surface area contributed by atoms with Crippen LogP contribution in [0.4, 0.5) is 0 Å². The van der Waals surface area contributed by atoms with Gasteiger partial charge in [-0.1, -0.05) is 30.3 Å². The molecule has 1 unspecified atom stereocenters. The Balaban J connectivity index is 2.66. The Labute approximate surface area is 86.2 Å². The zero-order valence-electron chi connectivity index (χ0n) is 9.20. The Morgan fingerprint density at radius 3 is 2.29 bits per heavy atom. The first-order chi connectivity index (χ1) is 6.52. The minimum atomic E-state index is -0.717. The van der Waals surface area contributed by atoms with Crippen molar-refractivity contribution in [1.29, 1.82) is 0 Å². The number of benzene rings is 1. The van der Waals surface area contributed by atoms with Crippen LogP contribution in [0.25, 0.3) is 0 Å². The lowest BCUT2D eigenvalue weighted by atomic mass is 9.92. The molecule has 0 spiro atoms. The summed E-state index contributed by atoms with van der Waals surface area (Å²) in [6.07, 6.45) is 0.754. The largest absolute Gasteiger partial charge is 0.385 e. The first-order valence-electron chi connectivity index (χ1n) is 4.95. The van der Waals surface area contributed by atoms with Crippen molar-refractivity contribution in [2.75, 3.05) is 20.6 Å². The lowest BCUT2D eigenvalue weighted by molar-refractivity contribution is 0.0405. The molecule has 0 aromatic heterocycles. The summed E-state index contributed by atoms with van der Waals surface area (Å²) in [4.78, 5) is 2.08. The van der Waals surface area contributed by atoms with Gasteiger partial charge in [0.2, 0.25) is 0 Å². The standard InChI is InChI=1S/C12H19NO/c1-12(14,9-10-13(2)3)11-7-5-4-6-8-11/h4-8,14H,9-10H2,1-3H3. The maximum Gasteiger partial charge on any atom is 0.0880 e. The molecule has 0 amide bonds. The fourth-order valence-electron chi connectivity index (χ4n) is 1.38. The van der Waals surface area contributed by atoms with E-state index in [9.17, 15) is 5.11 Å². The van der Waals surface area contributed by atoms with Gasteiger partial charge in [0.1, 0.15) is 0 Å². The van der Waals surface area contributed by atoms with Gasteiger partial charge >= 0.3 is 0 Å². The molecular formula is C12H19NO. The van der Waals surface area contributed by atoms with Gasteiger partial charge in [-0.25, -0.2) is 0 Å². The Bertz CT molecular complexity index is 267. The molecule has 0 heterocycles. The van der Waals surface area contributed by atoms with Gasteiger partial charge in [0.15, 0.2) is 0 Å². The second-order valence-electron chi connectivity index (χ2n) is 4.19. The molecule has 0 saturated carbocycles. The van der Waals surface area contributed by atoms with Crippen molar-refractivity contribution in [3.05, 3.63) is 35.9 Å². The van der Waals surface area contributed by atoms with Crippen LogP contribution in [0.15, 0.2) is 30.3 Å². The van der Waals surface area contributed by atoms with Crippen molar-refractivity contribution < 1.29 is 5.11 Å². The summed E-state index contributed by atoms with van der Waals surface area (Å²) in [5.41, 5.74) is 0.271. The molecule has 1 aromatic carbocycles. The minimum absolute atomic E-state index is 0.717. The highest BCUT2D eigenvalue weighted by Gasteiger charge is 2.22. The van der Waals surface area contributed by atoms with E-state index in [4.69, 9.17) is 0 Å². The van der Waals surface area contributed by atoms with Gasteiger partial charge in [-0.3, -0.25) is 0 Å². The van der Waals surface area contributed by atoms with Crippen LogP contribution >= 0.6 is 0 Å². The highest BCUT2D eigenvalue weighted by molar-refractivity contribution is 5.21. The van der Waals surface area contributed by atoms with E-state index >= 15 is 0 Å². The van der Waals surface area contributed by atoms with Gasteiger partial charge in [0, 0.05) is 6.54 Å². The van der Waals surface area contributed by atoms with Crippen LogP contribution in [-0.4, -0.2) is 30.6 Å². The molecule has 0 aliphatic carbocycles. The first kappa shape index (κ1) is 11.2. The molecule has 1 rings (SSSR count). The van der Waals surface area contributed by atoms with Gasteiger partial charge < -0.3 is 10.0 Å². The average molecular weight is 193 g/mol. The third kappa shape index (κ3) is 3.13. The summed E-state index contributed by atoms with van der Waals surface area (Å²) >= 11 is 0. The lowest BCUT2D eigenvalue weighted by Gasteiger charge is -2.25. The van der Waals surface area contributed by atoms with Crippen LogP contribution in [0, 0.1) is 0 Å². The van der Waals surface area contributed by atoms with Gasteiger partial charge in [-0.05, 0) is 33.0 Å². The van der Waals surface area contributed by atoms with Gasteiger partial charge in [0.05, 0.1) is 5.60 Å². The summed E-state index contributed by atoms with van der Waals surface area (Å²) in [6.45, 7) is 2.76. The number of hydrogen-bond acceptors (Lipinski definition) is 2. The first-order valence-corrected chi connectivity index (χ1v) is 4.95. The molecular weight excluding hydrogens is 174 g/mol. The zero-order valence-corrected chi connectivity index (χ0v) is 9.20. The highest BCUT2D eigenvalue weighted by Crippen LogP contribution is 2.23. The maximum absolute atomic E-state index is 10.2. The van der Waals surface area contributed by atoms with Crippen molar-refractivity contribution in [1.82, 2.24) is 4.90 Å². The topological polar surface area (TPSA) is 23.5 Å². The van der Waals surface area contributed by atoms with Gasteiger partial charge in [-0.15, -0.1) is 0 Å². The fourth-order valence-corrected chi connectivity index (χ4v) is 1.38. The summed E-state index contributed by atoms with van der Waals surface area (Å²) in [6, 6.07) is 9.82. The second kappa shape index (κ2) is 4.58. The van der Waals surface area contributed by atoms with E-state index in [0.29, 0.717) is 0 Å². The molecule has 1 atom stereocenters. The molecule has 0 fully saturated rings. The Hall–Kier alpha value is -0.860. The number of rotatable bonds is 4. The molecule has 0 radical (unpaired) electrons. The third-order valence-electron chi connectivity index (χ3n) is 2.44. The monoisotopic (exact) mass is 193 g/mol. The molecule has 0 aliphatic heterocycles. The Morgan fingerprint density at radius 2 is 1.79 bits per heavy atom. The van der Waals surface area contributed by atoms with E-state index < -0.39 is 5.60 Å². The Kier molecular flexibility index (Phi) is 3.67. The molecule has 0 aliphatic rings. The van der Waals surface area contributed by atoms with Crippen molar-refractivity contribution in [3.63, 3.8) is 0 Å². The molecule has 1 aromatic rings. The van der Waals surface area contributed by atoms with Gasteiger partial charge in [-0.2, -0.15) is 0 Å². The lowest BCUT2D eigenvalue weighted by Crippen LogP contribution is -2.27. The second-order valence-corrected chi connectivity index (χ2v) is 4.19. The predicted octanol–water partition coefficient (Wildman–Crippen LogP) is 1.85. The van der Waals surface area contributed by atoms with E-state index in [1.165, 1.54) is 0 Å². The summed E-state index contributed by atoms with van der Waals surface area (Å²) in [5.74, 6) is 0. The molecule has 1 N–H and O–H groups in total. The quantitative estimate of drug-likeness (QED) is 0.788. The summed E-state index contributed by atoms with van der Waals surface area (Å²) in [5, 5.41) is 10.2. The zero-order chi connectivity index (χ0) is 10.6. The van der Waals surface area contributed by atoms with E-state index in [-0.39, 0.29) is 0 Å². The summed E-state index contributed by atoms with van der Waals surface area (Å²) in [7, 11) is 4.03. The molecule has 78 valence electrons. The van der Waals surface area contributed by atoms with Crippen LogP contribution in [-0.2, 0) is 5.60 Å². The van der Waals surface area contributed by atoms with Crippen molar-refractivity contribution in [3.8, 4) is 0 Å². The minimum Gasteiger partial charge on any atom is -0.385 e. The van der Waals surface area contributed by atoms with E-state index in [0.717, 1.165) is 18.5 Å². The average Bonchev–Trinajstić information content (AvgIpc) is 2.16. The smallest absolute Gasteiger partial charge is 0.0880 e. The third-order valence-corrected chi connectivity index (χ3v) is 2.44. The van der Waals surface area contributed by atoms with Crippen LogP contribution in [0.2, 0.25) is 0 Å². The normalized spacial score (nSPS) is 15.5. The van der Waals surface area contributed by atoms with E-state index in [1.54, 1.807) is 0 Å². The van der Waals surface area contributed by atoms with Crippen molar-refractivity contribution >= 4 is 0 Å². The molecule has 2 nitrogen and oxygen atoms in total. The number of hydrogen-bond donors (Lipinski definition) is 1. The predicted molar refractivity (Wildman–Crippen MR) is 59.2 cm³/mol. The SMILES string of the molecule is CN(C)CCC(C)(O)c1ccccc1. The van der Waals surface area contributed by atoms with Crippen molar-refractivity contribution in [2.24, 2.45) is 0 Å². The molecule has 2 heteroatoms. The van der Waals surface area contributed by atoms with Gasteiger partial charge in [0.25, 0.3) is 0 Å².